The Hall–Kier alpha value is -1.90. The van der Waals surface area contributed by atoms with Crippen molar-refractivity contribution in [2.24, 2.45) is 0 Å². The first-order chi connectivity index (χ1) is 7.24. The predicted molar refractivity (Wildman–Crippen MR) is 56.0 cm³/mol. The average Bonchev–Trinajstić information content (AvgIpc) is 2.25. The van der Waals surface area contributed by atoms with E-state index in [4.69, 9.17) is 4.74 Å². The molecule has 1 aromatic carbocycles. The van der Waals surface area contributed by atoms with Gasteiger partial charge in [-0.2, -0.15) is 0 Å². The van der Waals surface area contributed by atoms with Gasteiger partial charge in [0.05, 0.1) is 6.61 Å². The Morgan fingerprint density at radius 1 is 1.20 bits per heavy atom. The van der Waals surface area contributed by atoms with E-state index in [-0.39, 0.29) is 0 Å². The van der Waals surface area contributed by atoms with Crippen molar-refractivity contribution in [3.05, 3.63) is 35.4 Å². The Bertz CT molecular complexity index is 458. The second-order valence-corrected chi connectivity index (χ2v) is 3.18. The summed E-state index contributed by atoms with van der Waals surface area (Å²) in [6, 6.07) is 5.14. The third-order valence-corrected chi connectivity index (χ3v) is 2.24. The van der Waals surface area contributed by atoms with Crippen LogP contribution >= 0.6 is 0 Å². The van der Waals surface area contributed by atoms with Crippen LogP contribution in [-0.4, -0.2) is 18.2 Å². The topological polar surface area (TPSA) is 43.4 Å². The van der Waals surface area contributed by atoms with Crippen molar-refractivity contribution in [1.82, 2.24) is 0 Å². The highest BCUT2D eigenvalue weighted by molar-refractivity contribution is 6.50. The summed E-state index contributed by atoms with van der Waals surface area (Å²) < 4.78 is 5.37. The lowest BCUT2D eigenvalue weighted by Crippen LogP contribution is -2.16. The van der Waals surface area contributed by atoms with Crippen molar-refractivity contribution in [3.8, 4) is 5.75 Å². The fraction of sp³-hybridized carbons (Fsp3) is 0.167. The molecular formula is C12H10O3. The number of hydrogen-bond acceptors (Lipinski definition) is 3. The molecule has 0 radical (unpaired) electrons. The largest absolute Gasteiger partial charge is 0.493 e. The monoisotopic (exact) mass is 202 g/mol. The molecule has 15 heavy (non-hydrogen) atoms. The van der Waals surface area contributed by atoms with Crippen LogP contribution in [0.5, 0.6) is 5.75 Å². The van der Waals surface area contributed by atoms with Crippen LogP contribution < -0.4 is 4.74 Å². The zero-order valence-electron chi connectivity index (χ0n) is 8.32. The third-order valence-electron chi connectivity index (χ3n) is 2.24. The van der Waals surface area contributed by atoms with Crippen molar-refractivity contribution >= 4 is 17.6 Å². The van der Waals surface area contributed by atoms with Crippen molar-refractivity contribution in [1.29, 1.82) is 0 Å². The van der Waals surface area contributed by atoms with Gasteiger partial charge in [-0.15, -0.1) is 0 Å². The molecule has 0 N–H and O–H groups in total. The normalized spacial score (nSPS) is 13.9. The summed E-state index contributed by atoms with van der Waals surface area (Å²) in [5.74, 6) is -0.294. The molecule has 0 atom stereocenters. The fourth-order valence-electron chi connectivity index (χ4n) is 1.56. The molecule has 0 aliphatic heterocycles. The second-order valence-electron chi connectivity index (χ2n) is 3.18. The van der Waals surface area contributed by atoms with Gasteiger partial charge in [0.15, 0.2) is 0 Å². The fourth-order valence-corrected chi connectivity index (χ4v) is 1.56. The molecule has 2 rings (SSSR count). The minimum atomic E-state index is -0.476. The van der Waals surface area contributed by atoms with E-state index in [2.05, 4.69) is 0 Å². The number of Topliss-reactive ketones (excluding diaryl/α,β-unsaturated/α-hetero) is 1. The Balaban J connectivity index is 2.56. The maximum atomic E-state index is 11.5. The van der Waals surface area contributed by atoms with E-state index in [9.17, 15) is 9.59 Å². The molecule has 3 heteroatoms. The molecule has 0 saturated heterocycles. The zero-order valence-corrected chi connectivity index (χ0v) is 8.32. The summed E-state index contributed by atoms with van der Waals surface area (Å²) in [7, 11) is 0. The van der Waals surface area contributed by atoms with Gasteiger partial charge in [-0.05, 0) is 25.1 Å². The lowest BCUT2D eigenvalue weighted by Gasteiger charge is -2.13. The minimum Gasteiger partial charge on any atom is -0.493 e. The number of fused-ring (bicyclic) bond motifs is 1. The number of benzene rings is 1. The van der Waals surface area contributed by atoms with Crippen LogP contribution in [0, 0.1) is 0 Å². The summed E-state index contributed by atoms with van der Waals surface area (Å²) in [5, 5.41) is 0. The minimum absolute atomic E-state index is 0.424. The molecule has 1 aliphatic rings. The van der Waals surface area contributed by atoms with Crippen molar-refractivity contribution in [2.75, 3.05) is 6.61 Å². The molecule has 1 aromatic rings. The molecule has 0 saturated carbocycles. The molecule has 0 heterocycles. The van der Waals surface area contributed by atoms with E-state index >= 15 is 0 Å². The van der Waals surface area contributed by atoms with E-state index < -0.39 is 11.6 Å². The SMILES string of the molecule is CCOc1cccc2c1C=CC(=O)C2=O. The number of ether oxygens (including phenoxy) is 1. The first-order valence-electron chi connectivity index (χ1n) is 4.76. The molecule has 3 nitrogen and oxygen atoms in total. The van der Waals surface area contributed by atoms with Crippen LogP contribution in [0.15, 0.2) is 24.3 Å². The highest BCUT2D eigenvalue weighted by Gasteiger charge is 2.22. The van der Waals surface area contributed by atoms with Gasteiger partial charge < -0.3 is 4.74 Å². The van der Waals surface area contributed by atoms with Crippen molar-refractivity contribution in [3.63, 3.8) is 0 Å². The molecule has 1 aliphatic carbocycles. The van der Waals surface area contributed by atoms with Gasteiger partial charge in [0.2, 0.25) is 11.6 Å². The van der Waals surface area contributed by atoms with E-state index in [1.54, 1.807) is 24.3 Å². The predicted octanol–water partition coefficient (Wildman–Crippen LogP) is 1.86. The van der Waals surface area contributed by atoms with Gasteiger partial charge in [0.1, 0.15) is 5.75 Å². The van der Waals surface area contributed by atoms with Crippen LogP contribution in [0.3, 0.4) is 0 Å². The molecule has 0 amide bonds. The number of ketones is 2. The van der Waals surface area contributed by atoms with Crippen molar-refractivity contribution < 1.29 is 14.3 Å². The third kappa shape index (κ3) is 1.56. The number of carbonyl (C=O) groups excluding carboxylic acids is 2. The van der Waals surface area contributed by atoms with Crippen LogP contribution in [0.2, 0.25) is 0 Å². The van der Waals surface area contributed by atoms with E-state index in [1.165, 1.54) is 6.08 Å². The lowest BCUT2D eigenvalue weighted by atomic mass is 9.95. The number of rotatable bonds is 2. The Labute approximate surface area is 87.4 Å². The van der Waals surface area contributed by atoms with Gasteiger partial charge in [-0.3, -0.25) is 9.59 Å². The quantitative estimate of drug-likeness (QED) is 0.687. The van der Waals surface area contributed by atoms with E-state index in [0.717, 1.165) is 0 Å². The lowest BCUT2D eigenvalue weighted by molar-refractivity contribution is -0.110. The van der Waals surface area contributed by atoms with Gasteiger partial charge >= 0.3 is 0 Å². The molecule has 0 fully saturated rings. The van der Waals surface area contributed by atoms with E-state index in [0.29, 0.717) is 23.5 Å². The van der Waals surface area contributed by atoms with Crippen LogP contribution in [-0.2, 0) is 4.79 Å². The van der Waals surface area contributed by atoms with Crippen LogP contribution in [0.25, 0.3) is 6.08 Å². The summed E-state index contributed by atoms with van der Waals surface area (Å²) in [4.78, 5) is 22.7. The number of allylic oxidation sites excluding steroid dienone is 1. The maximum Gasteiger partial charge on any atom is 0.233 e. The van der Waals surface area contributed by atoms with Gasteiger partial charge in [0, 0.05) is 11.1 Å². The molecule has 0 spiro atoms. The smallest absolute Gasteiger partial charge is 0.233 e. The summed E-state index contributed by atoms with van der Waals surface area (Å²) in [5.41, 5.74) is 1.12. The van der Waals surface area contributed by atoms with Crippen LogP contribution in [0.4, 0.5) is 0 Å². The molecule has 0 aromatic heterocycles. The Kier molecular flexibility index (Phi) is 2.37. The zero-order chi connectivity index (χ0) is 10.8. The second kappa shape index (κ2) is 3.69. The summed E-state index contributed by atoms with van der Waals surface area (Å²) >= 11 is 0. The first-order valence-corrected chi connectivity index (χ1v) is 4.76. The summed E-state index contributed by atoms with van der Waals surface area (Å²) in [6.45, 7) is 2.41. The molecule has 76 valence electrons. The van der Waals surface area contributed by atoms with Crippen LogP contribution in [0.1, 0.15) is 22.8 Å². The molecule has 0 unspecified atom stereocenters. The summed E-state index contributed by atoms with van der Waals surface area (Å²) in [6.07, 6.45) is 2.91. The molecular weight excluding hydrogens is 192 g/mol. The first kappa shape index (κ1) is 9.65. The Morgan fingerprint density at radius 3 is 2.73 bits per heavy atom. The number of hydrogen-bond donors (Lipinski definition) is 0. The maximum absolute atomic E-state index is 11.5. The molecule has 0 bridgehead atoms. The highest BCUT2D eigenvalue weighted by Crippen LogP contribution is 2.27. The van der Waals surface area contributed by atoms with Gasteiger partial charge in [-0.25, -0.2) is 0 Å². The Morgan fingerprint density at radius 2 is 2.00 bits per heavy atom. The van der Waals surface area contributed by atoms with E-state index in [1.807, 2.05) is 6.92 Å². The standard InChI is InChI=1S/C12H10O3/c1-2-15-11-5-3-4-9-8(11)6-7-10(13)12(9)14/h3-7H,2H2,1H3. The van der Waals surface area contributed by atoms with Gasteiger partial charge in [0.25, 0.3) is 0 Å². The number of carbonyl (C=O) groups is 2. The van der Waals surface area contributed by atoms with Gasteiger partial charge in [-0.1, -0.05) is 12.1 Å². The average molecular weight is 202 g/mol. The van der Waals surface area contributed by atoms with Crippen molar-refractivity contribution in [2.45, 2.75) is 6.92 Å². The highest BCUT2D eigenvalue weighted by atomic mass is 16.5.